The number of aliphatic hydroxyl groups excluding tert-OH is 1. The first-order chi connectivity index (χ1) is 5.20. The molecule has 11 heavy (non-hydrogen) atoms. The van der Waals surface area contributed by atoms with Gasteiger partial charge in [0, 0.05) is 6.61 Å². The first-order valence-electron chi connectivity index (χ1n) is 4.14. The van der Waals surface area contributed by atoms with Crippen LogP contribution in [0.3, 0.4) is 0 Å². The van der Waals surface area contributed by atoms with E-state index in [9.17, 15) is 5.11 Å². The fourth-order valence-corrected chi connectivity index (χ4v) is 1.39. The molecule has 1 aliphatic heterocycles. The van der Waals surface area contributed by atoms with Gasteiger partial charge < -0.3 is 9.84 Å². The molecule has 0 aromatic rings. The van der Waals surface area contributed by atoms with Gasteiger partial charge in [-0.15, -0.1) is 6.58 Å². The highest BCUT2D eigenvalue weighted by molar-refractivity contribution is 4.93. The molecule has 0 spiro atoms. The summed E-state index contributed by atoms with van der Waals surface area (Å²) in [5.74, 6) is 0. The molecule has 2 heteroatoms. The molecule has 2 atom stereocenters. The van der Waals surface area contributed by atoms with Crippen molar-refractivity contribution in [3.05, 3.63) is 12.2 Å². The van der Waals surface area contributed by atoms with Gasteiger partial charge in [-0.05, 0) is 26.2 Å². The maximum atomic E-state index is 9.53. The lowest BCUT2D eigenvalue weighted by molar-refractivity contribution is -0.000675. The first kappa shape index (κ1) is 8.75. The molecule has 2 unspecified atom stereocenters. The summed E-state index contributed by atoms with van der Waals surface area (Å²) < 4.78 is 5.32. The third-order valence-corrected chi connectivity index (χ3v) is 1.95. The molecule has 0 bridgehead atoms. The van der Waals surface area contributed by atoms with E-state index in [-0.39, 0.29) is 12.2 Å². The Labute approximate surface area is 67.9 Å². The van der Waals surface area contributed by atoms with Gasteiger partial charge in [0.2, 0.25) is 0 Å². The van der Waals surface area contributed by atoms with E-state index < -0.39 is 0 Å². The largest absolute Gasteiger partial charge is 0.390 e. The van der Waals surface area contributed by atoms with Crippen molar-refractivity contribution >= 4 is 0 Å². The Morgan fingerprint density at radius 3 is 3.00 bits per heavy atom. The highest BCUT2D eigenvalue weighted by Gasteiger charge is 2.23. The summed E-state index contributed by atoms with van der Waals surface area (Å²) >= 11 is 0. The molecule has 0 aromatic carbocycles. The van der Waals surface area contributed by atoms with Crippen molar-refractivity contribution in [1.82, 2.24) is 0 Å². The van der Waals surface area contributed by atoms with Crippen LogP contribution < -0.4 is 0 Å². The molecule has 0 aliphatic carbocycles. The van der Waals surface area contributed by atoms with Gasteiger partial charge in [-0.3, -0.25) is 0 Å². The summed E-state index contributed by atoms with van der Waals surface area (Å²) in [4.78, 5) is 0. The van der Waals surface area contributed by atoms with Crippen LogP contribution in [-0.4, -0.2) is 23.9 Å². The molecule has 0 saturated carbocycles. The zero-order chi connectivity index (χ0) is 8.27. The fraction of sp³-hybridized carbons (Fsp3) is 0.778. The predicted octanol–water partition coefficient (Wildman–Crippen LogP) is 1.49. The van der Waals surface area contributed by atoms with E-state index in [0.29, 0.717) is 6.42 Å². The molecule has 1 N–H and O–H groups in total. The third kappa shape index (κ3) is 2.64. The molecular formula is C9H16O2. The number of ether oxygens (including phenoxy) is 1. The van der Waals surface area contributed by atoms with Crippen LogP contribution in [0.2, 0.25) is 0 Å². The van der Waals surface area contributed by atoms with Crippen LogP contribution in [0.1, 0.15) is 26.2 Å². The van der Waals surface area contributed by atoms with Gasteiger partial charge in [-0.2, -0.15) is 0 Å². The summed E-state index contributed by atoms with van der Waals surface area (Å²) in [6.07, 6.45) is 2.47. The van der Waals surface area contributed by atoms with E-state index in [1.807, 2.05) is 6.92 Å². The number of hydrogen-bond donors (Lipinski definition) is 1. The minimum atomic E-state index is -0.338. The number of aliphatic hydroxyl groups is 1. The molecular weight excluding hydrogens is 140 g/mol. The Bertz CT molecular complexity index is 136. The monoisotopic (exact) mass is 156 g/mol. The van der Waals surface area contributed by atoms with Gasteiger partial charge in [-0.1, -0.05) is 5.57 Å². The zero-order valence-corrected chi connectivity index (χ0v) is 7.05. The number of rotatable bonds is 3. The van der Waals surface area contributed by atoms with Crippen LogP contribution in [0.4, 0.5) is 0 Å². The third-order valence-electron chi connectivity index (χ3n) is 1.95. The molecule has 0 amide bonds. The van der Waals surface area contributed by atoms with E-state index in [1.54, 1.807) is 0 Å². The Morgan fingerprint density at radius 2 is 2.55 bits per heavy atom. The van der Waals surface area contributed by atoms with E-state index in [0.717, 1.165) is 25.0 Å². The van der Waals surface area contributed by atoms with Crippen LogP contribution in [0.5, 0.6) is 0 Å². The maximum Gasteiger partial charge on any atom is 0.0838 e. The van der Waals surface area contributed by atoms with Crippen LogP contribution in [0.25, 0.3) is 0 Å². The highest BCUT2D eigenvalue weighted by atomic mass is 16.5. The molecule has 1 fully saturated rings. The van der Waals surface area contributed by atoms with Crippen molar-refractivity contribution in [3.8, 4) is 0 Å². The van der Waals surface area contributed by atoms with Gasteiger partial charge in [-0.25, -0.2) is 0 Å². The minimum Gasteiger partial charge on any atom is -0.390 e. The van der Waals surface area contributed by atoms with Gasteiger partial charge >= 0.3 is 0 Å². The Kier molecular flexibility index (Phi) is 3.09. The van der Waals surface area contributed by atoms with Crippen molar-refractivity contribution in [3.63, 3.8) is 0 Å². The topological polar surface area (TPSA) is 29.5 Å². The SMILES string of the molecule is C=C(C)CC(O)C1CCCO1. The smallest absolute Gasteiger partial charge is 0.0838 e. The van der Waals surface area contributed by atoms with E-state index in [2.05, 4.69) is 6.58 Å². The summed E-state index contributed by atoms with van der Waals surface area (Å²) in [5, 5.41) is 9.53. The van der Waals surface area contributed by atoms with Crippen LogP contribution in [0.15, 0.2) is 12.2 Å². The van der Waals surface area contributed by atoms with E-state index >= 15 is 0 Å². The predicted molar refractivity (Wildman–Crippen MR) is 44.4 cm³/mol. The van der Waals surface area contributed by atoms with Crippen LogP contribution in [-0.2, 0) is 4.74 Å². The lowest BCUT2D eigenvalue weighted by atomic mass is 10.0. The second-order valence-corrected chi connectivity index (χ2v) is 3.28. The molecule has 0 radical (unpaired) electrons. The standard InChI is InChI=1S/C9H16O2/c1-7(2)6-8(10)9-4-3-5-11-9/h8-10H,1,3-6H2,2H3. The van der Waals surface area contributed by atoms with Crippen molar-refractivity contribution < 1.29 is 9.84 Å². The Balaban J connectivity index is 2.28. The average Bonchev–Trinajstić information content (AvgIpc) is 2.35. The molecule has 1 aliphatic rings. The molecule has 0 aromatic heterocycles. The molecule has 64 valence electrons. The Hall–Kier alpha value is -0.340. The summed E-state index contributed by atoms with van der Waals surface area (Å²) in [7, 11) is 0. The van der Waals surface area contributed by atoms with Crippen molar-refractivity contribution in [2.45, 2.75) is 38.4 Å². The summed E-state index contributed by atoms with van der Waals surface area (Å²) in [5.41, 5.74) is 1.02. The fourth-order valence-electron chi connectivity index (χ4n) is 1.39. The second kappa shape index (κ2) is 3.88. The summed E-state index contributed by atoms with van der Waals surface area (Å²) in [6.45, 7) is 6.48. The van der Waals surface area contributed by atoms with Crippen molar-refractivity contribution in [1.29, 1.82) is 0 Å². The van der Waals surface area contributed by atoms with E-state index in [4.69, 9.17) is 4.74 Å². The highest BCUT2D eigenvalue weighted by Crippen LogP contribution is 2.19. The minimum absolute atomic E-state index is 0.0618. The first-order valence-corrected chi connectivity index (χ1v) is 4.14. The number of hydrogen-bond acceptors (Lipinski definition) is 2. The molecule has 1 heterocycles. The van der Waals surface area contributed by atoms with Gasteiger partial charge in [0.15, 0.2) is 0 Å². The van der Waals surface area contributed by atoms with Crippen LogP contribution in [0, 0.1) is 0 Å². The maximum absolute atomic E-state index is 9.53. The normalized spacial score (nSPS) is 26.9. The quantitative estimate of drug-likeness (QED) is 0.627. The van der Waals surface area contributed by atoms with E-state index in [1.165, 1.54) is 0 Å². The zero-order valence-electron chi connectivity index (χ0n) is 7.05. The van der Waals surface area contributed by atoms with Crippen LogP contribution >= 0.6 is 0 Å². The average molecular weight is 156 g/mol. The second-order valence-electron chi connectivity index (χ2n) is 3.28. The molecule has 1 saturated heterocycles. The lowest BCUT2D eigenvalue weighted by Gasteiger charge is -2.16. The molecule has 1 rings (SSSR count). The van der Waals surface area contributed by atoms with Crippen molar-refractivity contribution in [2.24, 2.45) is 0 Å². The molecule has 2 nitrogen and oxygen atoms in total. The van der Waals surface area contributed by atoms with Crippen molar-refractivity contribution in [2.75, 3.05) is 6.61 Å². The lowest BCUT2D eigenvalue weighted by Crippen LogP contribution is -2.24. The van der Waals surface area contributed by atoms with Gasteiger partial charge in [0.25, 0.3) is 0 Å². The summed E-state index contributed by atoms with van der Waals surface area (Å²) in [6, 6.07) is 0. The Morgan fingerprint density at radius 1 is 1.82 bits per heavy atom. The van der Waals surface area contributed by atoms with Gasteiger partial charge in [0.05, 0.1) is 12.2 Å². The van der Waals surface area contributed by atoms with Gasteiger partial charge in [0.1, 0.15) is 0 Å².